The summed E-state index contributed by atoms with van der Waals surface area (Å²) in [6.45, 7) is 8.64. The number of nitrogens with zero attached hydrogens (tertiary/aromatic N) is 3. The van der Waals surface area contributed by atoms with E-state index >= 15 is 0 Å². The van der Waals surface area contributed by atoms with Crippen molar-refractivity contribution in [2.75, 3.05) is 66.5 Å². The summed E-state index contributed by atoms with van der Waals surface area (Å²) in [5.41, 5.74) is 1.17. The fourth-order valence-electron chi connectivity index (χ4n) is 4.22. The highest BCUT2D eigenvalue weighted by molar-refractivity contribution is 5.27. The number of likely N-dealkylation sites (tertiary alicyclic amines) is 1. The molecule has 0 aliphatic carbocycles. The maximum Gasteiger partial charge on any atom is 0.123 e. The van der Waals surface area contributed by atoms with Crippen LogP contribution in [-0.2, 0) is 5.54 Å². The van der Waals surface area contributed by atoms with Crippen LogP contribution in [0.15, 0.2) is 24.3 Å². The maximum atomic E-state index is 13.9. The first-order valence-corrected chi connectivity index (χ1v) is 9.21. The first-order valence-electron chi connectivity index (χ1n) is 9.21. The molecule has 0 atom stereocenters. The quantitative estimate of drug-likeness (QED) is 0.883. The second kappa shape index (κ2) is 7.91. The van der Waals surface area contributed by atoms with Gasteiger partial charge >= 0.3 is 0 Å². The Labute approximate surface area is 145 Å². The van der Waals surface area contributed by atoms with Crippen molar-refractivity contribution >= 4 is 0 Å². The van der Waals surface area contributed by atoms with Gasteiger partial charge in [-0.15, -0.1) is 0 Å². The minimum Gasteiger partial charge on any atom is -0.318 e. The summed E-state index contributed by atoms with van der Waals surface area (Å²) in [5, 5.41) is 3.24. The Morgan fingerprint density at radius 1 is 1.08 bits per heavy atom. The van der Waals surface area contributed by atoms with Gasteiger partial charge < -0.3 is 15.1 Å². The van der Waals surface area contributed by atoms with E-state index in [1.165, 1.54) is 5.56 Å². The monoisotopic (exact) mass is 334 g/mol. The van der Waals surface area contributed by atoms with E-state index in [2.05, 4.69) is 33.1 Å². The molecule has 1 aromatic rings. The molecule has 0 aromatic heterocycles. The number of benzene rings is 1. The third-order valence-corrected chi connectivity index (χ3v) is 5.83. The van der Waals surface area contributed by atoms with Crippen LogP contribution in [0.25, 0.3) is 0 Å². The van der Waals surface area contributed by atoms with Gasteiger partial charge in [-0.1, -0.05) is 12.1 Å². The van der Waals surface area contributed by atoms with Gasteiger partial charge in [0.05, 0.1) is 0 Å². The van der Waals surface area contributed by atoms with Gasteiger partial charge in [-0.05, 0) is 44.6 Å². The molecule has 0 radical (unpaired) electrons. The van der Waals surface area contributed by atoms with E-state index in [0.29, 0.717) is 0 Å². The number of rotatable bonds is 5. The molecule has 1 N–H and O–H groups in total. The lowest BCUT2D eigenvalue weighted by atomic mass is 9.78. The molecule has 2 aliphatic heterocycles. The van der Waals surface area contributed by atoms with Crippen LogP contribution in [0.5, 0.6) is 0 Å². The van der Waals surface area contributed by atoms with Gasteiger partial charge in [0.2, 0.25) is 0 Å². The number of hydrogen-bond acceptors (Lipinski definition) is 4. The van der Waals surface area contributed by atoms with Crippen molar-refractivity contribution in [2.24, 2.45) is 0 Å². The molecule has 0 unspecified atom stereocenters. The van der Waals surface area contributed by atoms with Crippen LogP contribution in [0.4, 0.5) is 4.39 Å². The van der Waals surface area contributed by atoms with Crippen LogP contribution in [0.3, 0.4) is 0 Å². The van der Waals surface area contributed by atoms with Gasteiger partial charge in [-0.2, -0.15) is 0 Å². The molecule has 2 heterocycles. The molecular weight excluding hydrogens is 303 g/mol. The number of hydrogen-bond donors (Lipinski definition) is 1. The highest BCUT2D eigenvalue weighted by Gasteiger charge is 2.42. The van der Waals surface area contributed by atoms with Crippen LogP contribution in [0.2, 0.25) is 0 Å². The van der Waals surface area contributed by atoms with Gasteiger partial charge in [0.1, 0.15) is 5.82 Å². The molecule has 2 saturated heterocycles. The van der Waals surface area contributed by atoms with Crippen LogP contribution < -0.4 is 5.32 Å². The average molecular weight is 334 g/mol. The number of likely N-dealkylation sites (N-methyl/N-ethyl adjacent to an activating group) is 2. The number of piperidine rings is 1. The van der Waals surface area contributed by atoms with Crippen molar-refractivity contribution in [3.05, 3.63) is 35.6 Å². The fourth-order valence-corrected chi connectivity index (χ4v) is 4.22. The van der Waals surface area contributed by atoms with Gasteiger partial charge in [0.15, 0.2) is 0 Å². The summed E-state index contributed by atoms with van der Waals surface area (Å²) >= 11 is 0. The third kappa shape index (κ3) is 3.80. The highest BCUT2D eigenvalue weighted by Crippen LogP contribution is 2.39. The predicted molar refractivity (Wildman–Crippen MR) is 96.7 cm³/mol. The van der Waals surface area contributed by atoms with Crippen LogP contribution >= 0.6 is 0 Å². The Morgan fingerprint density at radius 2 is 1.79 bits per heavy atom. The lowest BCUT2D eigenvalue weighted by Gasteiger charge is -2.51. The molecule has 134 valence electrons. The summed E-state index contributed by atoms with van der Waals surface area (Å²) in [7, 11) is 4.19. The number of nitrogens with one attached hydrogen (secondary N) is 1. The molecule has 4 nitrogen and oxygen atoms in total. The second-order valence-electron chi connectivity index (χ2n) is 7.28. The van der Waals surface area contributed by atoms with Crippen molar-refractivity contribution in [2.45, 2.75) is 18.4 Å². The molecule has 24 heavy (non-hydrogen) atoms. The zero-order valence-corrected chi connectivity index (χ0v) is 15.1. The molecule has 0 spiro atoms. The highest BCUT2D eigenvalue weighted by atomic mass is 19.1. The Hall–Kier alpha value is -1.01. The van der Waals surface area contributed by atoms with Crippen molar-refractivity contribution in [3.8, 4) is 0 Å². The van der Waals surface area contributed by atoms with Gasteiger partial charge in [0.25, 0.3) is 0 Å². The SMILES string of the molecule is CNCCN1CCC(c2cccc(F)c2)(N2CCN(C)CC2)CC1. The lowest BCUT2D eigenvalue weighted by molar-refractivity contribution is -0.00986. The van der Waals surface area contributed by atoms with E-state index in [1.54, 1.807) is 12.1 Å². The summed E-state index contributed by atoms with van der Waals surface area (Å²) in [6, 6.07) is 7.32. The van der Waals surface area contributed by atoms with E-state index in [4.69, 9.17) is 0 Å². The van der Waals surface area contributed by atoms with E-state index in [-0.39, 0.29) is 11.4 Å². The van der Waals surface area contributed by atoms with E-state index in [9.17, 15) is 4.39 Å². The maximum absolute atomic E-state index is 13.9. The Balaban J connectivity index is 1.80. The van der Waals surface area contributed by atoms with Gasteiger partial charge in [-0.25, -0.2) is 4.39 Å². The standard InChI is InChI=1S/C19H31FN4/c1-21-8-11-23-9-6-19(7-10-23,17-4-3-5-18(20)16-17)24-14-12-22(2)13-15-24/h3-5,16,21H,6-15H2,1-2H3. The Morgan fingerprint density at radius 3 is 2.42 bits per heavy atom. The zero-order valence-electron chi connectivity index (χ0n) is 15.1. The van der Waals surface area contributed by atoms with Crippen molar-refractivity contribution in [1.82, 2.24) is 20.0 Å². The molecule has 5 heteroatoms. The smallest absolute Gasteiger partial charge is 0.123 e. The Bertz CT molecular complexity index is 520. The zero-order chi connectivity index (χ0) is 17.0. The van der Waals surface area contributed by atoms with E-state index < -0.39 is 0 Å². The summed E-state index contributed by atoms with van der Waals surface area (Å²) in [6.07, 6.45) is 2.17. The number of piperazine rings is 1. The molecule has 3 rings (SSSR count). The fraction of sp³-hybridized carbons (Fsp3) is 0.684. The average Bonchev–Trinajstić information content (AvgIpc) is 2.61. The van der Waals surface area contributed by atoms with Crippen molar-refractivity contribution in [1.29, 1.82) is 0 Å². The van der Waals surface area contributed by atoms with Gasteiger partial charge in [-0.3, -0.25) is 4.90 Å². The predicted octanol–water partition coefficient (Wildman–Crippen LogP) is 1.58. The first kappa shape index (κ1) is 17.8. The molecule has 0 amide bonds. The summed E-state index contributed by atoms with van der Waals surface area (Å²) in [5.74, 6) is -0.112. The first-order chi connectivity index (χ1) is 11.6. The molecule has 0 bridgehead atoms. The van der Waals surface area contributed by atoms with Crippen molar-refractivity contribution in [3.63, 3.8) is 0 Å². The van der Waals surface area contributed by atoms with Crippen LogP contribution in [-0.4, -0.2) is 81.2 Å². The van der Waals surface area contributed by atoms with Crippen LogP contribution in [0, 0.1) is 5.82 Å². The molecule has 0 saturated carbocycles. The van der Waals surface area contributed by atoms with Crippen LogP contribution in [0.1, 0.15) is 18.4 Å². The molecule has 2 aliphatic rings. The summed E-state index contributed by atoms with van der Waals surface area (Å²) in [4.78, 5) is 7.54. The second-order valence-corrected chi connectivity index (χ2v) is 7.28. The molecule has 2 fully saturated rings. The van der Waals surface area contributed by atoms with E-state index in [1.807, 2.05) is 13.1 Å². The normalized spacial score (nSPS) is 23.5. The minimum atomic E-state index is -0.112. The third-order valence-electron chi connectivity index (χ3n) is 5.83. The lowest BCUT2D eigenvalue weighted by Crippen LogP contribution is -2.58. The van der Waals surface area contributed by atoms with E-state index in [0.717, 1.165) is 65.2 Å². The molecule has 1 aromatic carbocycles. The number of halogens is 1. The van der Waals surface area contributed by atoms with Gasteiger partial charge in [0, 0.05) is 57.9 Å². The largest absolute Gasteiger partial charge is 0.318 e. The molecular formula is C19H31FN4. The minimum absolute atomic E-state index is 0.000493. The Kier molecular flexibility index (Phi) is 5.87. The summed E-state index contributed by atoms with van der Waals surface area (Å²) < 4.78 is 13.9. The topological polar surface area (TPSA) is 21.8 Å². The van der Waals surface area contributed by atoms with Crippen molar-refractivity contribution < 1.29 is 4.39 Å².